The SMILES string of the molecule is Nc1ncnc2c1ncn2[C@@H]1O[C@H](COP(O)(=S)O[C@@H]2[C@H](F)[C@@H](OP=O)O[C@H]2n2cnc3c(N)ncnc32)[C@@H](F)[C@H]1CCO. The van der Waals surface area contributed by atoms with Crippen molar-refractivity contribution in [2.45, 2.75) is 49.7 Å². The van der Waals surface area contributed by atoms with Crippen LogP contribution < -0.4 is 11.5 Å². The van der Waals surface area contributed by atoms with Crippen molar-refractivity contribution >= 4 is 61.2 Å². The predicted molar refractivity (Wildman–Crippen MR) is 148 cm³/mol. The minimum absolute atomic E-state index is 0.00432. The Morgan fingerprint density at radius 1 is 0.977 bits per heavy atom. The quantitative estimate of drug-likeness (QED) is 0.163. The molecule has 0 radical (unpaired) electrons. The van der Waals surface area contributed by atoms with Crippen molar-refractivity contribution in [1.82, 2.24) is 39.0 Å². The fourth-order valence-electron chi connectivity index (χ4n) is 5.17. The minimum atomic E-state index is -4.34. The van der Waals surface area contributed by atoms with Gasteiger partial charge in [0, 0.05) is 12.5 Å². The van der Waals surface area contributed by atoms with Crippen LogP contribution >= 0.6 is 15.4 Å². The summed E-state index contributed by atoms with van der Waals surface area (Å²) >= 11 is 5.14. The molecule has 0 amide bonds. The molecule has 0 spiro atoms. The van der Waals surface area contributed by atoms with Crippen LogP contribution in [0.1, 0.15) is 18.9 Å². The fraction of sp³-hybridized carbons (Fsp3) is 0.524. The number of nitrogen functional groups attached to an aromatic ring is 2. The highest BCUT2D eigenvalue weighted by Crippen LogP contribution is 2.52. The van der Waals surface area contributed by atoms with E-state index in [1.54, 1.807) is 0 Å². The van der Waals surface area contributed by atoms with E-state index in [9.17, 15) is 14.6 Å². The second kappa shape index (κ2) is 12.4. The molecule has 236 valence electrons. The van der Waals surface area contributed by atoms with Gasteiger partial charge in [0.15, 0.2) is 35.3 Å². The third-order valence-corrected chi connectivity index (χ3v) is 9.02. The van der Waals surface area contributed by atoms with E-state index in [0.717, 1.165) is 6.33 Å². The molecule has 0 bridgehead atoms. The second-order valence-corrected chi connectivity index (χ2v) is 12.9. The first-order valence-corrected chi connectivity index (χ1v) is 16.2. The molecule has 44 heavy (non-hydrogen) atoms. The van der Waals surface area contributed by atoms with Crippen molar-refractivity contribution < 1.29 is 46.4 Å². The largest absolute Gasteiger partial charge is 0.396 e. The fourth-order valence-corrected chi connectivity index (χ4v) is 6.82. The van der Waals surface area contributed by atoms with Crippen LogP contribution in [0.5, 0.6) is 0 Å². The molecule has 0 aliphatic carbocycles. The summed E-state index contributed by atoms with van der Waals surface area (Å²) in [5.74, 6) is -0.726. The van der Waals surface area contributed by atoms with Gasteiger partial charge >= 0.3 is 15.4 Å². The van der Waals surface area contributed by atoms with Crippen molar-refractivity contribution in [1.29, 1.82) is 0 Å². The molecular weight excluding hydrogens is 652 g/mol. The number of aliphatic hydroxyl groups is 1. The summed E-state index contributed by atoms with van der Waals surface area (Å²) in [4.78, 5) is 35.2. The summed E-state index contributed by atoms with van der Waals surface area (Å²) in [6.45, 7) is -5.30. The van der Waals surface area contributed by atoms with E-state index in [0.29, 0.717) is 0 Å². The van der Waals surface area contributed by atoms with Gasteiger partial charge in [0.05, 0.1) is 19.3 Å². The maximum absolute atomic E-state index is 15.7. The summed E-state index contributed by atoms with van der Waals surface area (Å²) in [6, 6.07) is 0. The summed E-state index contributed by atoms with van der Waals surface area (Å²) < 4.78 is 72.1. The highest BCUT2D eigenvalue weighted by Gasteiger charge is 2.52. The molecule has 2 fully saturated rings. The Morgan fingerprint density at radius 3 is 2.18 bits per heavy atom. The molecule has 18 nitrogen and oxygen atoms in total. The molecule has 2 aliphatic heterocycles. The van der Waals surface area contributed by atoms with Crippen molar-refractivity contribution in [2.24, 2.45) is 5.92 Å². The van der Waals surface area contributed by atoms with Gasteiger partial charge in [-0.25, -0.2) is 43.2 Å². The van der Waals surface area contributed by atoms with Gasteiger partial charge in [-0.05, 0) is 18.2 Å². The number of hydrogen-bond acceptors (Lipinski definition) is 16. The average Bonchev–Trinajstić information content (AvgIpc) is 3.75. The van der Waals surface area contributed by atoms with Crippen LogP contribution in [-0.4, -0.2) is 93.1 Å². The van der Waals surface area contributed by atoms with Gasteiger partial charge in [-0.15, -0.1) is 0 Å². The van der Waals surface area contributed by atoms with Gasteiger partial charge in [0.2, 0.25) is 6.29 Å². The van der Waals surface area contributed by atoms with Crippen LogP contribution in [0.25, 0.3) is 22.3 Å². The second-order valence-electron chi connectivity index (χ2n) is 9.71. The molecule has 4 aromatic heterocycles. The van der Waals surface area contributed by atoms with Crippen molar-refractivity contribution in [3.05, 3.63) is 25.3 Å². The lowest BCUT2D eigenvalue weighted by atomic mass is 9.97. The number of fused-ring (bicyclic) bond motifs is 2. The molecule has 6 rings (SSSR count). The summed E-state index contributed by atoms with van der Waals surface area (Å²) in [5, 5.41) is 9.60. The molecule has 23 heteroatoms. The molecule has 0 saturated carbocycles. The molecule has 2 aliphatic rings. The minimum Gasteiger partial charge on any atom is -0.396 e. The monoisotopic (exact) mass is 676 g/mol. The zero-order valence-corrected chi connectivity index (χ0v) is 24.8. The maximum atomic E-state index is 15.7. The van der Waals surface area contributed by atoms with Crippen LogP contribution in [-0.2, 0) is 39.4 Å². The number of rotatable bonds is 11. The summed E-state index contributed by atoms with van der Waals surface area (Å²) in [7, 11) is -0.885. The zero-order chi connectivity index (χ0) is 31.2. The van der Waals surface area contributed by atoms with E-state index in [1.165, 1.54) is 28.1 Å². The third-order valence-electron chi connectivity index (χ3n) is 7.16. The van der Waals surface area contributed by atoms with Crippen LogP contribution in [0.4, 0.5) is 20.4 Å². The van der Waals surface area contributed by atoms with Gasteiger partial charge in [-0.1, -0.05) is 0 Å². The van der Waals surface area contributed by atoms with E-state index >= 15 is 8.78 Å². The molecule has 4 aromatic rings. The standard InChI is InChI=1S/C21H24F2N10O8P2S/c22-10-8(1-2-34)19(32-6-30-12-15(24)26-4-28-17(12)32)38-9(10)3-37-43(36,44)41-14-11(23)21(40-42-35)39-20(14)33-7-31-13-16(25)27-5-29-18(13)33/h4-11,14,19-21,34H,1-3H2,(H,36,44)(H2,24,26,28)(H2,25,27,29)/t8-,9-,10+,11+,14-,19-,20-,21-,43?/m1/s1. The lowest BCUT2D eigenvalue weighted by Crippen LogP contribution is -2.31. The normalized spacial score (nSPS) is 30.5. The van der Waals surface area contributed by atoms with Crippen LogP contribution in [0, 0.1) is 5.92 Å². The highest BCUT2D eigenvalue weighted by molar-refractivity contribution is 8.07. The molecule has 0 aromatic carbocycles. The Morgan fingerprint density at radius 2 is 1.59 bits per heavy atom. The van der Waals surface area contributed by atoms with Gasteiger partial charge in [-0.2, -0.15) is 0 Å². The molecule has 1 unspecified atom stereocenters. The molecule has 2 saturated heterocycles. The lowest BCUT2D eigenvalue weighted by Gasteiger charge is -2.26. The van der Waals surface area contributed by atoms with Crippen LogP contribution in [0.2, 0.25) is 0 Å². The average molecular weight is 676 g/mol. The van der Waals surface area contributed by atoms with Crippen LogP contribution in [0.3, 0.4) is 0 Å². The summed E-state index contributed by atoms with van der Waals surface area (Å²) in [5.41, 5.74) is 12.6. The Bertz CT molecular complexity index is 1720. The van der Waals surface area contributed by atoms with Crippen molar-refractivity contribution in [2.75, 3.05) is 24.7 Å². The number of nitrogens with two attached hydrogens (primary N) is 2. The summed E-state index contributed by atoms with van der Waals surface area (Å²) in [6.07, 6.45) is -5.94. The number of aliphatic hydroxyl groups excluding tert-OH is 1. The van der Waals surface area contributed by atoms with Crippen LogP contribution in [0.15, 0.2) is 25.3 Å². The molecule has 6 N–H and O–H groups in total. The topological polar surface area (TPSA) is 243 Å². The predicted octanol–water partition coefficient (Wildman–Crippen LogP) is 1.10. The van der Waals surface area contributed by atoms with E-state index in [4.69, 9.17) is 46.3 Å². The van der Waals surface area contributed by atoms with Gasteiger partial charge in [-0.3, -0.25) is 18.2 Å². The molecule has 6 heterocycles. The first-order valence-electron chi connectivity index (χ1n) is 12.8. The van der Waals surface area contributed by atoms with Crippen molar-refractivity contribution in [3.8, 4) is 0 Å². The molecular formula is C21H24F2N10O8P2S. The number of anilines is 2. The van der Waals surface area contributed by atoms with E-state index in [2.05, 4.69) is 29.9 Å². The van der Waals surface area contributed by atoms with Gasteiger partial charge in [0.1, 0.15) is 48.3 Å². The number of ether oxygens (including phenoxy) is 2. The van der Waals surface area contributed by atoms with E-state index in [-0.39, 0.29) is 47.0 Å². The highest BCUT2D eigenvalue weighted by atomic mass is 32.5. The zero-order valence-electron chi connectivity index (χ0n) is 22.2. The van der Waals surface area contributed by atoms with Crippen molar-refractivity contribution in [3.63, 3.8) is 0 Å². The maximum Gasteiger partial charge on any atom is 0.330 e. The Hall–Kier alpha value is -2.97. The lowest BCUT2D eigenvalue weighted by molar-refractivity contribution is -0.110. The Labute approximate surface area is 252 Å². The first kappa shape index (κ1) is 31.0. The number of imidazole rings is 2. The third kappa shape index (κ3) is 5.64. The number of alkyl halides is 2. The van der Waals surface area contributed by atoms with E-state index in [1.807, 2.05) is 0 Å². The van der Waals surface area contributed by atoms with Gasteiger partial charge < -0.3 is 35.5 Å². The van der Waals surface area contributed by atoms with Gasteiger partial charge in [0.25, 0.3) is 0 Å². The number of halogens is 2. The first-order chi connectivity index (χ1) is 21.1. The number of aromatic nitrogens is 8. The number of nitrogens with zero attached hydrogens (tertiary/aromatic N) is 8. The molecule has 9 atom stereocenters. The van der Waals surface area contributed by atoms with E-state index < -0.39 is 71.2 Å². The Kier molecular flexibility index (Phi) is 8.77. The smallest absolute Gasteiger partial charge is 0.330 e. The Balaban J connectivity index is 1.20. The number of hydrogen-bond donors (Lipinski definition) is 4.